The van der Waals surface area contributed by atoms with Crippen LogP contribution in [0.3, 0.4) is 0 Å². The van der Waals surface area contributed by atoms with Gasteiger partial charge < -0.3 is 33.8 Å². The fraction of sp³-hybridized carbons (Fsp3) is 0.500. The molecule has 0 bridgehead atoms. The largest absolute Gasteiger partial charge is 0.790 e. The van der Waals surface area contributed by atoms with E-state index in [0.29, 0.717) is 4.57 Å². The van der Waals surface area contributed by atoms with Crippen molar-refractivity contribution in [1.29, 1.82) is 0 Å². The minimum Gasteiger partial charge on any atom is -0.790 e. The lowest BCUT2D eigenvalue weighted by molar-refractivity contribution is -0.354. The van der Waals surface area contributed by atoms with Crippen molar-refractivity contribution in [3.05, 3.63) is 33.1 Å². The summed E-state index contributed by atoms with van der Waals surface area (Å²) >= 11 is 0. The summed E-state index contributed by atoms with van der Waals surface area (Å²) in [4.78, 5) is 45.2. The van der Waals surface area contributed by atoms with Crippen molar-refractivity contribution in [3.63, 3.8) is 0 Å². The molecule has 1 fully saturated rings. The summed E-state index contributed by atoms with van der Waals surface area (Å²) in [5.74, 6) is 0. The van der Waals surface area contributed by atoms with Gasteiger partial charge in [-0.3, -0.25) is 14.3 Å². The molecule has 1 aromatic rings. The highest BCUT2D eigenvalue weighted by molar-refractivity contribution is 7.43. The molecule has 2 heterocycles. The molecule has 0 spiro atoms. The number of nitrogens with zero attached hydrogens (tertiary/aromatic N) is 1. The smallest absolute Gasteiger partial charge is 0.330 e. The van der Waals surface area contributed by atoms with Crippen LogP contribution in [0, 0.1) is 0 Å². The minimum atomic E-state index is -5.46. The van der Waals surface area contributed by atoms with E-state index < -0.39 is 43.8 Å². The van der Waals surface area contributed by atoms with E-state index >= 15 is 0 Å². The van der Waals surface area contributed by atoms with Gasteiger partial charge in [0.2, 0.25) is 0 Å². The maximum atomic E-state index is 11.5. The predicted molar refractivity (Wildman–Crippen MR) is 55.9 cm³/mol. The van der Waals surface area contributed by atoms with Gasteiger partial charge in [0, 0.05) is 12.3 Å². The SMILES string of the molecule is O=c1ccn(C2OC(OP(=O)([O-])[O-])C(O)C2O)c(=O)[nH]1. The van der Waals surface area contributed by atoms with E-state index in [1.54, 1.807) is 0 Å². The molecular formula is C8H9N2O9P-2. The zero-order chi connectivity index (χ0) is 15.1. The van der Waals surface area contributed by atoms with E-state index in [9.17, 15) is 34.2 Å². The van der Waals surface area contributed by atoms with Gasteiger partial charge in [0.25, 0.3) is 5.56 Å². The fourth-order valence-electron chi connectivity index (χ4n) is 1.70. The Morgan fingerprint density at radius 3 is 2.55 bits per heavy atom. The fourth-order valence-corrected chi connectivity index (χ4v) is 2.13. The number of aromatic nitrogens is 2. The topological polar surface area (TPSA) is 177 Å². The summed E-state index contributed by atoms with van der Waals surface area (Å²) in [5.41, 5.74) is -1.66. The Morgan fingerprint density at radius 2 is 2.00 bits per heavy atom. The van der Waals surface area contributed by atoms with Gasteiger partial charge in [-0.25, -0.2) is 4.79 Å². The molecule has 0 radical (unpaired) electrons. The number of aliphatic hydroxyl groups is 2. The number of phosphoric ester groups is 1. The van der Waals surface area contributed by atoms with Gasteiger partial charge in [-0.05, 0) is 0 Å². The molecule has 1 aliphatic heterocycles. The van der Waals surface area contributed by atoms with Crippen molar-refractivity contribution >= 4 is 7.82 Å². The Balaban J connectivity index is 2.28. The molecule has 11 nitrogen and oxygen atoms in total. The number of ether oxygens (including phenoxy) is 1. The number of hydrogen-bond acceptors (Lipinski definition) is 9. The summed E-state index contributed by atoms with van der Waals surface area (Å²) in [6.45, 7) is 0. The Hall–Kier alpha value is -1.33. The summed E-state index contributed by atoms with van der Waals surface area (Å²) in [6, 6.07) is 0.949. The molecule has 4 unspecified atom stereocenters. The van der Waals surface area contributed by atoms with Gasteiger partial charge in [0.15, 0.2) is 12.5 Å². The average Bonchev–Trinajstić information content (AvgIpc) is 2.56. The molecule has 0 aliphatic carbocycles. The van der Waals surface area contributed by atoms with Gasteiger partial charge in [-0.15, -0.1) is 0 Å². The Kier molecular flexibility index (Phi) is 3.93. The van der Waals surface area contributed by atoms with E-state index in [2.05, 4.69) is 4.52 Å². The molecule has 4 atom stereocenters. The van der Waals surface area contributed by atoms with Gasteiger partial charge in [-0.1, -0.05) is 0 Å². The van der Waals surface area contributed by atoms with Crippen LogP contribution in [0.15, 0.2) is 21.9 Å². The number of H-pyrrole nitrogens is 1. The first-order valence-corrected chi connectivity index (χ1v) is 6.68. The van der Waals surface area contributed by atoms with Crippen molar-refractivity contribution in [1.82, 2.24) is 9.55 Å². The second-order valence-corrected chi connectivity index (χ2v) is 5.05. The number of hydrogen-bond donors (Lipinski definition) is 3. The minimum absolute atomic E-state index is 0.698. The van der Waals surface area contributed by atoms with Crippen LogP contribution < -0.4 is 21.0 Å². The number of phosphoric acid groups is 1. The molecule has 20 heavy (non-hydrogen) atoms. The predicted octanol–water partition coefficient (Wildman–Crippen LogP) is -4.04. The zero-order valence-corrected chi connectivity index (χ0v) is 10.5. The van der Waals surface area contributed by atoms with Crippen LogP contribution in [-0.2, 0) is 13.8 Å². The van der Waals surface area contributed by atoms with Gasteiger partial charge in [0.05, 0.1) is 7.82 Å². The molecule has 0 saturated carbocycles. The van der Waals surface area contributed by atoms with Crippen LogP contribution >= 0.6 is 7.82 Å². The van der Waals surface area contributed by atoms with E-state index in [1.165, 1.54) is 0 Å². The molecule has 12 heteroatoms. The maximum Gasteiger partial charge on any atom is 0.330 e. The highest BCUT2D eigenvalue weighted by Gasteiger charge is 2.45. The average molecular weight is 308 g/mol. The van der Waals surface area contributed by atoms with Gasteiger partial charge in [-0.2, -0.15) is 0 Å². The first-order valence-electron chi connectivity index (χ1n) is 5.22. The Morgan fingerprint density at radius 1 is 1.35 bits per heavy atom. The quantitative estimate of drug-likeness (QED) is 0.469. The molecular weight excluding hydrogens is 299 g/mol. The summed E-state index contributed by atoms with van der Waals surface area (Å²) in [7, 11) is -5.46. The summed E-state index contributed by atoms with van der Waals surface area (Å²) in [5, 5.41) is 19.2. The molecule has 2 rings (SSSR count). The highest BCUT2D eigenvalue weighted by atomic mass is 31.2. The second kappa shape index (κ2) is 5.22. The number of rotatable bonds is 3. The normalized spacial score (nSPS) is 30.6. The number of aliphatic hydroxyl groups excluding tert-OH is 2. The van der Waals surface area contributed by atoms with Crippen LogP contribution in [0.4, 0.5) is 0 Å². The van der Waals surface area contributed by atoms with E-state index in [1.807, 2.05) is 4.98 Å². The van der Waals surface area contributed by atoms with E-state index in [-0.39, 0.29) is 0 Å². The molecule has 3 N–H and O–H groups in total. The Labute approximate surface area is 110 Å². The Bertz CT molecular complexity index is 648. The monoisotopic (exact) mass is 308 g/mol. The van der Waals surface area contributed by atoms with Gasteiger partial charge in [0.1, 0.15) is 12.2 Å². The second-order valence-electron chi connectivity index (χ2n) is 3.95. The van der Waals surface area contributed by atoms with Crippen molar-refractivity contribution in [2.45, 2.75) is 24.7 Å². The number of nitrogens with one attached hydrogen (secondary N) is 1. The van der Waals surface area contributed by atoms with Gasteiger partial charge >= 0.3 is 5.69 Å². The highest BCUT2D eigenvalue weighted by Crippen LogP contribution is 2.36. The van der Waals surface area contributed by atoms with Crippen molar-refractivity contribution in [2.75, 3.05) is 0 Å². The molecule has 112 valence electrons. The first-order chi connectivity index (χ1) is 9.19. The van der Waals surface area contributed by atoms with Crippen LogP contribution in [-0.4, -0.2) is 38.3 Å². The lowest BCUT2D eigenvalue weighted by Crippen LogP contribution is -2.37. The molecule has 1 saturated heterocycles. The van der Waals surface area contributed by atoms with Crippen LogP contribution in [0.25, 0.3) is 0 Å². The third kappa shape index (κ3) is 3.04. The maximum absolute atomic E-state index is 11.5. The van der Waals surface area contributed by atoms with Crippen LogP contribution in [0.5, 0.6) is 0 Å². The van der Waals surface area contributed by atoms with Crippen LogP contribution in [0.2, 0.25) is 0 Å². The summed E-state index contributed by atoms with van der Waals surface area (Å²) in [6.07, 6.45) is -6.11. The van der Waals surface area contributed by atoms with Crippen molar-refractivity contribution in [2.24, 2.45) is 0 Å². The standard InChI is InChI=1S/C8H11N2O9P/c11-3-1-2-10(8(14)9-3)6-4(12)5(13)7(18-6)19-20(15,16)17/h1-2,4-7,12-13H,(H,9,11,14)(H2,15,16,17)/p-2. The third-order valence-corrected chi connectivity index (χ3v) is 3.02. The van der Waals surface area contributed by atoms with Crippen molar-refractivity contribution in [3.8, 4) is 0 Å². The van der Waals surface area contributed by atoms with Crippen molar-refractivity contribution < 1.29 is 33.8 Å². The molecule has 1 aromatic heterocycles. The summed E-state index contributed by atoms with van der Waals surface area (Å²) < 4.78 is 19.9. The lowest BCUT2D eigenvalue weighted by atomic mass is 10.2. The van der Waals surface area contributed by atoms with Crippen LogP contribution in [0.1, 0.15) is 6.23 Å². The molecule has 0 amide bonds. The lowest BCUT2D eigenvalue weighted by Gasteiger charge is -2.32. The van der Waals surface area contributed by atoms with E-state index in [0.717, 1.165) is 12.3 Å². The molecule has 1 aliphatic rings. The number of aromatic amines is 1. The first kappa shape index (κ1) is 15.1. The third-order valence-electron chi connectivity index (χ3n) is 2.55. The zero-order valence-electron chi connectivity index (χ0n) is 9.61. The molecule has 0 aromatic carbocycles. The van der Waals surface area contributed by atoms with E-state index in [4.69, 9.17) is 4.74 Å².